The minimum atomic E-state index is -3.74. The fraction of sp³-hybridized carbons (Fsp3) is 0.588. The molecule has 1 aliphatic rings. The summed E-state index contributed by atoms with van der Waals surface area (Å²) in [6.07, 6.45) is 1.09. The summed E-state index contributed by atoms with van der Waals surface area (Å²) in [7, 11) is -0.820. The number of amides is 1. The van der Waals surface area contributed by atoms with Crippen LogP contribution < -0.4 is 24.8 Å². The van der Waals surface area contributed by atoms with Gasteiger partial charge in [-0.3, -0.25) is 4.79 Å². The van der Waals surface area contributed by atoms with Gasteiger partial charge >= 0.3 is 0 Å². The van der Waals surface area contributed by atoms with E-state index in [-0.39, 0.29) is 29.8 Å². The molecule has 1 saturated heterocycles. The summed E-state index contributed by atoms with van der Waals surface area (Å²) in [5.74, 6) is 1.01. The number of carbonyl (C=O) groups excluding carboxylic acids is 1. The summed E-state index contributed by atoms with van der Waals surface area (Å²) in [5, 5.41) is 6.20. The Hall–Kier alpha value is -1.84. The van der Waals surface area contributed by atoms with Crippen LogP contribution in [-0.4, -0.2) is 54.2 Å². The van der Waals surface area contributed by atoms with E-state index in [0.29, 0.717) is 17.4 Å². The molecule has 1 heterocycles. The van der Waals surface area contributed by atoms with E-state index in [4.69, 9.17) is 9.47 Å². The van der Waals surface area contributed by atoms with Crippen LogP contribution >= 0.6 is 0 Å². The third kappa shape index (κ3) is 5.33. The minimum absolute atomic E-state index is 0.0248. The summed E-state index contributed by atoms with van der Waals surface area (Å²) >= 11 is 0. The van der Waals surface area contributed by atoms with Crippen molar-refractivity contribution in [1.29, 1.82) is 0 Å². The molecule has 8 nitrogen and oxygen atoms in total. The molecule has 0 aromatic heterocycles. The van der Waals surface area contributed by atoms with Crippen LogP contribution in [0.4, 0.5) is 0 Å². The molecule has 1 amide bonds. The average Bonchev–Trinajstić information content (AvgIpc) is 2.62. The topological polar surface area (TPSA) is 106 Å². The van der Waals surface area contributed by atoms with Crippen LogP contribution in [0.1, 0.15) is 19.8 Å². The van der Waals surface area contributed by atoms with Gasteiger partial charge in [0.1, 0.15) is 0 Å². The molecule has 2 unspecified atom stereocenters. The zero-order valence-electron chi connectivity index (χ0n) is 15.4. The molecule has 3 N–H and O–H groups in total. The highest BCUT2D eigenvalue weighted by atomic mass is 32.2. The highest BCUT2D eigenvalue weighted by Gasteiger charge is 2.23. The van der Waals surface area contributed by atoms with Gasteiger partial charge in [-0.05, 0) is 31.0 Å². The second-order valence-corrected chi connectivity index (χ2v) is 8.08. The Kier molecular flexibility index (Phi) is 7.24. The fourth-order valence-electron chi connectivity index (χ4n) is 2.83. The molecule has 0 spiro atoms. The maximum Gasteiger partial charge on any atom is 0.240 e. The van der Waals surface area contributed by atoms with Gasteiger partial charge in [0, 0.05) is 31.6 Å². The maximum absolute atomic E-state index is 12.4. The van der Waals surface area contributed by atoms with E-state index >= 15 is 0 Å². The van der Waals surface area contributed by atoms with Crippen molar-refractivity contribution in [3.8, 4) is 11.5 Å². The molecule has 9 heteroatoms. The Balaban J connectivity index is 1.88. The molecule has 1 fully saturated rings. The van der Waals surface area contributed by atoms with E-state index in [1.807, 2.05) is 0 Å². The largest absolute Gasteiger partial charge is 0.493 e. The van der Waals surface area contributed by atoms with Gasteiger partial charge in [-0.1, -0.05) is 6.92 Å². The van der Waals surface area contributed by atoms with E-state index in [9.17, 15) is 13.2 Å². The summed E-state index contributed by atoms with van der Waals surface area (Å²) in [6.45, 7) is 3.82. The van der Waals surface area contributed by atoms with Crippen molar-refractivity contribution in [2.75, 3.05) is 33.9 Å². The van der Waals surface area contributed by atoms with E-state index in [2.05, 4.69) is 22.3 Å². The lowest BCUT2D eigenvalue weighted by Crippen LogP contribution is -2.50. The number of methoxy groups -OCH3 is 2. The zero-order valence-corrected chi connectivity index (χ0v) is 16.2. The molecule has 1 aliphatic heterocycles. The third-order valence-corrected chi connectivity index (χ3v) is 5.94. The predicted molar refractivity (Wildman–Crippen MR) is 97.9 cm³/mol. The molecule has 0 aliphatic carbocycles. The Labute approximate surface area is 154 Å². The predicted octanol–water partition coefficient (Wildman–Crippen LogP) is 0.486. The molecule has 0 bridgehead atoms. The Bertz CT molecular complexity index is 723. The third-order valence-electron chi connectivity index (χ3n) is 4.48. The van der Waals surface area contributed by atoms with E-state index in [0.717, 1.165) is 19.5 Å². The molecule has 26 heavy (non-hydrogen) atoms. The molecule has 1 aromatic rings. The first kappa shape index (κ1) is 20.5. The number of sulfonamides is 1. The summed E-state index contributed by atoms with van der Waals surface area (Å²) in [6, 6.07) is 4.42. The number of ether oxygens (including phenoxy) is 2. The zero-order chi connectivity index (χ0) is 19.2. The van der Waals surface area contributed by atoms with Gasteiger partial charge in [0.05, 0.1) is 19.1 Å². The van der Waals surface area contributed by atoms with Crippen LogP contribution in [0.15, 0.2) is 23.1 Å². The van der Waals surface area contributed by atoms with E-state index in [1.165, 1.54) is 32.4 Å². The van der Waals surface area contributed by atoms with E-state index < -0.39 is 10.0 Å². The summed E-state index contributed by atoms with van der Waals surface area (Å²) in [5.41, 5.74) is 0. The second kappa shape index (κ2) is 9.20. The van der Waals surface area contributed by atoms with Gasteiger partial charge < -0.3 is 20.1 Å². The molecule has 0 radical (unpaired) electrons. The van der Waals surface area contributed by atoms with Crippen molar-refractivity contribution in [3.63, 3.8) is 0 Å². The molecule has 2 rings (SSSR count). The van der Waals surface area contributed by atoms with Crippen LogP contribution in [0, 0.1) is 5.92 Å². The smallest absolute Gasteiger partial charge is 0.240 e. The first-order chi connectivity index (χ1) is 12.4. The van der Waals surface area contributed by atoms with Gasteiger partial charge in [0.25, 0.3) is 0 Å². The number of hydrogen-bond acceptors (Lipinski definition) is 6. The van der Waals surface area contributed by atoms with E-state index in [1.54, 1.807) is 0 Å². The maximum atomic E-state index is 12.4. The number of benzene rings is 1. The lowest BCUT2D eigenvalue weighted by atomic mass is 9.95. The normalized spacial score (nSPS) is 20.4. The fourth-order valence-corrected chi connectivity index (χ4v) is 3.87. The summed E-state index contributed by atoms with van der Waals surface area (Å²) in [4.78, 5) is 12.1. The van der Waals surface area contributed by atoms with Gasteiger partial charge in [-0.2, -0.15) is 0 Å². The first-order valence-corrected chi connectivity index (χ1v) is 10.1. The molecule has 146 valence electrons. The quantitative estimate of drug-likeness (QED) is 0.601. The lowest BCUT2D eigenvalue weighted by Gasteiger charge is -2.30. The monoisotopic (exact) mass is 385 g/mol. The van der Waals surface area contributed by atoms with Gasteiger partial charge in [-0.25, -0.2) is 13.1 Å². The number of rotatable bonds is 8. The van der Waals surface area contributed by atoms with Gasteiger partial charge in [0.2, 0.25) is 15.9 Å². The highest BCUT2D eigenvalue weighted by Crippen LogP contribution is 2.29. The van der Waals surface area contributed by atoms with Crippen molar-refractivity contribution in [2.24, 2.45) is 5.92 Å². The van der Waals surface area contributed by atoms with Gasteiger partial charge in [0.15, 0.2) is 11.5 Å². The van der Waals surface area contributed by atoms with Crippen LogP contribution in [0.2, 0.25) is 0 Å². The van der Waals surface area contributed by atoms with Crippen LogP contribution in [0.25, 0.3) is 0 Å². The van der Waals surface area contributed by atoms with Gasteiger partial charge in [-0.15, -0.1) is 0 Å². The second-order valence-electron chi connectivity index (χ2n) is 6.31. The highest BCUT2D eigenvalue weighted by molar-refractivity contribution is 7.89. The molecule has 2 atom stereocenters. The Morgan fingerprint density at radius 1 is 1.27 bits per heavy atom. The van der Waals surface area contributed by atoms with Crippen molar-refractivity contribution >= 4 is 15.9 Å². The standard InChI is InChI=1S/C17H27N3O5S/c1-12-6-8-18-11-14(12)20-17(21)7-9-19-26(22,23)13-4-5-15(24-2)16(10-13)25-3/h4-5,10,12,14,18-19H,6-9,11H2,1-3H3,(H,20,21). The minimum Gasteiger partial charge on any atom is -0.493 e. The van der Waals surface area contributed by atoms with Crippen LogP contribution in [0.3, 0.4) is 0 Å². The Morgan fingerprint density at radius 3 is 2.65 bits per heavy atom. The van der Waals surface area contributed by atoms with Crippen LogP contribution in [-0.2, 0) is 14.8 Å². The number of piperidine rings is 1. The molecule has 0 saturated carbocycles. The van der Waals surface area contributed by atoms with Crippen molar-refractivity contribution in [1.82, 2.24) is 15.4 Å². The average molecular weight is 385 g/mol. The first-order valence-electron chi connectivity index (χ1n) is 8.59. The van der Waals surface area contributed by atoms with Crippen LogP contribution in [0.5, 0.6) is 11.5 Å². The number of hydrogen-bond donors (Lipinski definition) is 3. The summed E-state index contributed by atoms with van der Waals surface area (Å²) < 4.78 is 37.4. The SMILES string of the molecule is COc1ccc(S(=O)(=O)NCCC(=O)NC2CNCCC2C)cc1OC. The molecular weight excluding hydrogens is 358 g/mol. The Morgan fingerprint density at radius 2 is 2.00 bits per heavy atom. The lowest BCUT2D eigenvalue weighted by molar-refractivity contribution is -0.122. The molecular formula is C17H27N3O5S. The molecule has 1 aromatic carbocycles. The van der Waals surface area contributed by atoms with Crippen molar-refractivity contribution < 1.29 is 22.7 Å². The number of carbonyl (C=O) groups is 1. The van der Waals surface area contributed by atoms with Crippen molar-refractivity contribution in [3.05, 3.63) is 18.2 Å². The number of nitrogens with one attached hydrogen (secondary N) is 3. The van der Waals surface area contributed by atoms with Crippen molar-refractivity contribution in [2.45, 2.75) is 30.7 Å².